The van der Waals surface area contributed by atoms with Gasteiger partial charge < -0.3 is 9.73 Å². The zero-order valence-corrected chi connectivity index (χ0v) is 13.1. The molecule has 124 valence electrons. The summed E-state index contributed by atoms with van der Waals surface area (Å²) in [7, 11) is 0. The maximum Gasteiger partial charge on any atom is 0.247 e. The highest BCUT2D eigenvalue weighted by Gasteiger charge is 2.11. The standard InChI is InChI=1S/C18H13FN4O2/c19-14-5-3-13(4-6-14)18-23-22-17(25-18)10-9-16(24)21-15-7-1-12(11-20)2-8-15/h1-8H,9-10H2,(H,21,24). The van der Waals surface area contributed by atoms with Crippen molar-refractivity contribution in [1.82, 2.24) is 10.2 Å². The van der Waals surface area contributed by atoms with Gasteiger partial charge in [-0.25, -0.2) is 4.39 Å². The number of anilines is 1. The van der Waals surface area contributed by atoms with Crippen LogP contribution in [0.2, 0.25) is 0 Å². The summed E-state index contributed by atoms with van der Waals surface area (Å²) in [5.74, 6) is 0.0611. The van der Waals surface area contributed by atoms with Gasteiger partial charge in [0, 0.05) is 24.1 Å². The molecule has 1 heterocycles. The lowest BCUT2D eigenvalue weighted by atomic mass is 10.2. The number of rotatable bonds is 5. The molecule has 0 saturated heterocycles. The average Bonchev–Trinajstić information content (AvgIpc) is 3.10. The first-order valence-corrected chi connectivity index (χ1v) is 7.52. The van der Waals surface area contributed by atoms with Crippen LogP contribution in [-0.4, -0.2) is 16.1 Å². The molecule has 0 saturated carbocycles. The number of carbonyl (C=O) groups excluding carboxylic acids is 1. The number of aromatic nitrogens is 2. The van der Waals surface area contributed by atoms with Crippen molar-refractivity contribution in [1.29, 1.82) is 5.26 Å². The molecule has 25 heavy (non-hydrogen) atoms. The average molecular weight is 336 g/mol. The molecule has 3 aromatic rings. The number of aryl methyl sites for hydroxylation is 1. The fourth-order valence-electron chi connectivity index (χ4n) is 2.14. The van der Waals surface area contributed by atoms with Gasteiger partial charge in [-0.05, 0) is 48.5 Å². The molecule has 7 heteroatoms. The molecule has 2 aromatic carbocycles. The zero-order chi connectivity index (χ0) is 17.6. The third-order valence-corrected chi connectivity index (χ3v) is 3.42. The Kier molecular flexibility index (Phi) is 4.81. The summed E-state index contributed by atoms with van der Waals surface area (Å²) in [4.78, 5) is 11.9. The summed E-state index contributed by atoms with van der Waals surface area (Å²) >= 11 is 0. The molecule has 0 atom stereocenters. The molecule has 0 aliphatic rings. The lowest BCUT2D eigenvalue weighted by Crippen LogP contribution is -2.12. The van der Waals surface area contributed by atoms with Gasteiger partial charge in [0.1, 0.15) is 5.82 Å². The van der Waals surface area contributed by atoms with Crippen LogP contribution in [0.4, 0.5) is 10.1 Å². The highest BCUT2D eigenvalue weighted by molar-refractivity contribution is 5.90. The normalized spacial score (nSPS) is 10.2. The number of halogens is 1. The van der Waals surface area contributed by atoms with E-state index in [1.54, 1.807) is 36.4 Å². The van der Waals surface area contributed by atoms with Gasteiger partial charge in [0.2, 0.25) is 17.7 Å². The van der Waals surface area contributed by atoms with E-state index in [-0.39, 0.29) is 30.5 Å². The van der Waals surface area contributed by atoms with Crippen molar-refractivity contribution in [2.24, 2.45) is 0 Å². The van der Waals surface area contributed by atoms with Crippen LogP contribution in [0.5, 0.6) is 0 Å². The molecule has 1 N–H and O–H groups in total. The molecule has 0 aliphatic heterocycles. The first-order valence-electron chi connectivity index (χ1n) is 7.52. The Balaban J connectivity index is 1.55. The van der Waals surface area contributed by atoms with Gasteiger partial charge in [0.05, 0.1) is 11.6 Å². The second-order valence-electron chi connectivity index (χ2n) is 5.25. The molecule has 1 amide bonds. The predicted molar refractivity (Wildman–Crippen MR) is 87.8 cm³/mol. The van der Waals surface area contributed by atoms with Crippen molar-refractivity contribution in [3.05, 3.63) is 65.8 Å². The maximum atomic E-state index is 12.9. The topological polar surface area (TPSA) is 91.8 Å². The summed E-state index contributed by atoms with van der Waals surface area (Å²) < 4.78 is 18.4. The van der Waals surface area contributed by atoms with Crippen molar-refractivity contribution < 1.29 is 13.6 Å². The fraction of sp³-hybridized carbons (Fsp3) is 0.111. The first-order chi connectivity index (χ1) is 12.1. The Labute approximate surface area is 142 Å². The minimum absolute atomic E-state index is 0.172. The highest BCUT2D eigenvalue weighted by atomic mass is 19.1. The molecular weight excluding hydrogens is 323 g/mol. The quantitative estimate of drug-likeness (QED) is 0.771. The van der Waals surface area contributed by atoms with Crippen LogP contribution in [0.25, 0.3) is 11.5 Å². The molecule has 0 radical (unpaired) electrons. The summed E-state index contributed by atoms with van der Waals surface area (Å²) in [6.45, 7) is 0. The number of benzene rings is 2. The summed E-state index contributed by atoms with van der Waals surface area (Å²) in [5, 5.41) is 19.3. The van der Waals surface area contributed by atoms with Crippen molar-refractivity contribution in [3.8, 4) is 17.5 Å². The van der Waals surface area contributed by atoms with Gasteiger partial charge in [-0.15, -0.1) is 10.2 Å². The van der Waals surface area contributed by atoms with E-state index in [1.807, 2.05) is 6.07 Å². The molecule has 3 rings (SSSR count). The number of nitrogens with zero attached hydrogens (tertiary/aromatic N) is 3. The van der Waals surface area contributed by atoms with Crippen molar-refractivity contribution in [2.75, 3.05) is 5.32 Å². The van der Waals surface area contributed by atoms with Crippen LogP contribution >= 0.6 is 0 Å². The van der Waals surface area contributed by atoms with Gasteiger partial charge in [0.25, 0.3) is 0 Å². The van der Waals surface area contributed by atoms with Gasteiger partial charge >= 0.3 is 0 Å². The minimum atomic E-state index is -0.344. The second-order valence-corrected chi connectivity index (χ2v) is 5.25. The molecule has 0 aliphatic carbocycles. The molecule has 0 bridgehead atoms. The summed E-state index contributed by atoms with van der Waals surface area (Å²) in [6, 6.07) is 14.3. The minimum Gasteiger partial charge on any atom is -0.421 e. The monoisotopic (exact) mass is 336 g/mol. The van der Waals surface area contributed by atoms with E-state index in [0.29, 0.717) is 22.7 Å². The number of nitriles is 1. The fourth-order valence-corrected chi connectivity index (χ4v) is 2.14. The van der Waals surface area contributed by atoms with E-state index in [2.05, 4.69) is 15.5 Å². The Morgan fingerprint density at radius 3 is 2.52 bits per heavy atom. The van der Waals surface area contributed by atoms with E-state index < -0.39 is 0 Å². The van der Waals surface area contributed by atoms with Gasteiger partial charge in [-0.2, -0.15) is 5.26 Å². The number of nitrogens with one attached hydrogen (secondary N) is 1. The number of amides is 1. The largest absolute Gasteiger partial charge is 0.421 e. The summed E-state index contributed by atoms with van der Waals surface area (Å²) in [5.41, 5.74) is 1.75. The predicted octanol–water partition coefficient (Wildman–Crippen LogP) is 3.32. The highest BCUT2D eigenvalue weighted by Crippen LogP contribution is 2.18. The van der Waals surface area contributed by atoms with Crippen molar-refractivity contribution >= 4 is 11.6 Å². The van der Waals surface area contributed by atoms with Crippen LogP contribution in [0.15, 0.2) is 52.9 Å². The number of hydrogen-bond donors (Lipinski definition) is 1. The third-order valence-electron chi connectivity index (χ3n) is 3.42. The second kappa shape index (κ2) is 7.36. The van der Waals surface area contributed by atoms with E-state index in [1.165, 1.54) is 12.1 Å². The molecule has 0 spiro atoms. The van der Waals surface area contributed by atoms with E-state index >= 15 is 0 Å². The van der Waals surface area contributed by atoms with E-state index in [9.17, 15) is 9.18 Å². The van der Waals surface area contributed by atoms with Crippen molar-refractivity contribution in [3.63, 3.8) is 0 Å². The van der Waals surface area contributed by atoms with Crippen LogP contribution in [-0.2, 0) is 11.2 Å². The van der Waals surface area contributed by atoms with Crippen LogP contribution in [0.3, 0.4) is 0 Å². The summed E-state index contributed by atoms with van der Waals surface area (Å²) in [6.07, 6.45) is 0.460. The Morgan fingerprint density at radius 1 is 1.12 bits per heavy atom. The lowest BCUT2D eigenvalue weighted by Gasteiger charge is -2.03. The first kappa shape index (κ1) is 16.3. The zero-order valence-electron chi connectivity index (χ0n) is 13.1. The SMILES string of the molecule is N#Cc1ccc(NC(=O)CCc2nnc(-c3ccc(F)cc3)o2)cc1. The third kappa shape index (κ3) is 4.26. The molecule has 0 fully saturated rings. The van der Waals surface area contributed by atoms with Crippen LogP contribution in [0.1, 0.15) is 17.9 Å². The van der Waals surface area contributed by atoms with Crippen molar-refractivity contribution in [2.45, 2.75) is 12.8 Å². The smallest absolute Gasteiger partial charge is 0.247 e. The Hall–Kier alpha value is -3.53. The Morgan fingerprint density at radius 2 is 1.84 bits per heavy atom. The van der Waals surface area contributed by atoms with Crippen LogP contribution < -0.4 is 5.32 Å². The van der Waals surface area contributed by atoms with Gasteiger partial charge in [0.15, 0.2) is 0 Å². The van der Waals surface area contributed by atoms with Crippen LogP contribution in [0, 0.1) is 17.1 Å². The maximum absolute atomic E-state index is 12.9. The van der Waals surface area contributed by atoms with Gasteiger partial charge in [-0.3, -0.25) is 4.79 Å². The number of carbonyl (C=O) groups is 1. The van der Waals surface area contributed by atoms with E-state index in [0.717, 1.165) is 0 Å². The molecule has 6 nitrogen and oxygen atoms in total. The van der Waals surface area contributed by atoms with E-state index in [4.69, 9.17) is 9.68 Å². The molecular formula is C18H13FN4O2. The number of hydrogen-bond acceptors (Lipinski definition) is 5. The molecule has 0 unspecified atom stereocenters. The van der Waals surface area contributed by atoms with Gasteiger partial charge in [-0.1, -0.05) is 0 Å². The lowest BCUT2D eigenvalue weighted by molar-refractivity contribution is -0.116. The Bertz CT molecular complexity index is 911. The molecule has 1 aromatic heterocycles.